The van der Waals surface area contributed by atoms with E-state index in [9.17, 15) is 27.6 Å². The Bertz CT molecular complexity index is 1420. The van der Waals surface area contributed by atoms with Gasteiger partial charge in [-0.05, 0) is 30.3 Å². The number of fused-ring (bicyclic) bond motifs is 1. The molecule has 2 aromatic heterocycles. The van der Waals surface area contributed by atoms with E-state index in [1.54, 1.807) is 24.3 Å². The van der Waals surface area contributed by atoms with Crippen LogP contribution >= 0.6 is 0 Å². The number of anilines is 1. The molecule has 0 unspecified atom stereocenters. The molecule has 0 atom stereocenters. The van der Waals surface area contributed by atoms with E-state index in [2.05, 4.69) is 20.4 Å². The van der Waals surface area contributed by atoms with E-state index in [1.165, 1.54) is 17.3 Å². The number of para-hydroxylation sites is 2. The third kappa shape index (κ3) is 4.92. The van der Waals surface area contributed by atoms with E-state index >= 15 is 0 Å². The molecule has 2 heterocycles. The average molecular weight is 472 g/mol. The maximum absolute atomic E-state index is 13.1. The fourth-order valence-corrected chi connectivity index (χ4v) is 3.13. The summed E-state index contributed by atoms with van der Waals surface area (Å²) in [4.78, 5) is 44.4. The van der Waals surface area contributed by atoms with E-state index in [1.807, 2.05) is 0 Å². The third-order valence-electron chi connectivity index (χ3n) is 4.67. The quantitative estimate of drug-likeness (QED) is 0.427. The van der Waals surface area contributed by atoms with Crippen molar-refractivity contribution in [2.24, 2.45) is 0 Å². The highest BCUT2D eigenvalue weighted by molar-refractivity contribution is 5.94. The van der Waals surface area contributed by atoms with E-state index < -0.39 is 42.3 Å². The summed E-state index contributed by atoms with van der Waals surface area (Å²) in [7, 11) is 0. The molecule has 0 saturated carbocycles. The highest BCUT2D eigenvalue weighted by Gasteiger charge is 2.31. The molecule has 2 aromatic carbocycles. The van der Waals surface area contributed by atoms with E-state index in [0.717, 1.165) is 29.0 Å². The van der Waals surface area contributed by atoms with Crippen LogP contribution in [-0.2, 0) is 27.0 Å². The van der Waals surface area contributed by atoms with Crippen LogP contribution in [0.4, 0.5) is 18.9 Å². The van der Waals surface area contributed by atoms with Gasteiger partial charge >= 0.3 is 12.1 Å². The Balaban J connectivity index is 1.47. The molecule has 13 heteroatoms. The van der Waals surface area contributed by atoms with Gasteiger partial charge in [0.2, 0.25) is 0 Å². The van der Waals surface area contributed by atoms with Crippen LogP contribution in [0.25, 0.3) is 16.7 Å². The van der Waals surface area contributed by atoms with E-state index in [-0.39, 0.29) is 11.4 Å². The SMILES string of the molecule is O=C(COC(=O)Cn1c(=O)cnc2ccccc21)Nc1cc(C(F)(F)F)ccc1-n1cncn1. The van der Waals surface area contributed by atoms with Crippen molar-refractivity contribution < 1.29 is 27.5 Å². The van der Waals surface area contributed by atoms with Crippen molar-refractivity contribution in [1.29, 1.82) is 0 Å². The second-order valence-electron chi connectivity index (χ2n) is 6.95. The molecule has 0 fully saturated rings. The molecular formula is C21H15F3N6O4. The molecule has 1 N–H and O–H groups in total. The van der Waals surface area contributed by atoms with Crippen molar-refractivity contribution in [2.75, 3.05) is 11.9 Å². The lowest BCUT2D eigenvalue weighted by Crippen LogP contribution is -2.28. The number of benzene rings is 2. The molecule has 4 rings (SSSR count). The monoisotopic (exact) mass is 472 g/mol. The fourth-order valence-electron chi connectivity index (χ4n) is 3.13. The molecule has 4 aromatic rings. The molecular weight excluding hydrogens is 457 g/mol. The number of alkyl halides is 3. The maximum atomic E-state index is 13.1. The van der Waals surface area contributed by atoms with Crippen LogP contribution in [0.5, 0.6) is 0 Å². The number of hydrogen-bond donors (Lipinski definition) is 1. The fraction of sp³-hybridized carbons (Fsp3) is 0.143. The number of amides is 1. The smallest absolute Gasteiger partial charge is 0.416 e. The number of rotatable bonds is 6. The molecule has 0 aliphatic carbocycles. The van der Waals surface area contributed by atoms with Gasteiger partial charge < -0.3 is 10.1 Å². The number of esters is 1. The zero-order valence-electron chi connectivity index (χ0n) is 17.2. The summed E-state index contributed by atoms with van der Waals surface area (Å²) in [6.07, 6.45) is -1.17. The zero-order chi connectivity index (χ0) is 24.3. The number of hydrogen-bond acceptors (Lipinski definition) is 7. The van der Waals surface area contributed by atoms with Crippen LogP contribution < -0.4 is 10.9 Å². The van der Waals surface area contributed by atoms with Gasteiger partial charge in [0.25, 0.3) is 11.5 Å². The first-order chi connectivity index (χ1) is 16.2. The molecule has 174 valence electrons. The summed E-state index contributed by atoms with van der Waals surface area (Å²) >= 11 is 0. The number of nitrogens with one attached hydrogen (secondary N) is 1. The van der Waals surface area contributed by atoms with Crippen molar-refractivity contribution in [1.82, 2.24) is 24.3 Å². The summed E-state index contributed by atoms with van der Waals surface area (Å²) in [5.74, 6) is -1.78. The molecule has 0 bridgehead atoms. The van der Waals surface area contributed by atoms with E-state index in [0.29, 0.717) is 11.0 Å². The van der Waals surface area contributed by atoms with Gasteiger partial charge in [-0.3, -0.25) is 19.0 Å². The molecule has 34 heavy (non-hydrogen) atoms. The first-order valence-corrected chi connectivity index (χ1v) is 9.68. The van der Waals surface area contributed by atoms with Gasteiger partial charge in [0.05, 0.1) is 34.2 Å². The predicted molar refractivity (Wildman–Crippen MR) is 112 cm³/mol. The number of carbonyl (C=O) groups is 2. The summed E-state index contributed by atoms with van der Waals surface area (Å²) in [5, 5.41) is 6.14. The molecule has 0 aliphatic heterocycles. The summed E-state index contributed by atoms with van der Waals surface area (Å²) in [6.45, 7) is -1.27. The Morgan fingerprint density at radius 1 is 1.12 bits per heavy atom. The Morgan fingerprint density at radius 3 is 2.65 bits per heavy atom. The zero-order valence-corrected chi connectivity index (χ0v) is 17.2. The van der Waals surface area contributed by atoms with Gasteiger partial charge in [0.15, 0.2) is 6.61 Å². The van der Waals surface area contributed by atoms with Crippen molar-refractivity contribution in [3.63, 3.8) is 0 Å². The second kappa shape index (κ2) is 9.13. The number of ether oxygens (including phenoxy) is 1. The minimum atomic E-state index is -4.65. The Morgan fingerprint density at radius 2 is 1.91 bits per heavy atom. The van der Waals surface area contributed by atoms with Crippen molar-refractivity contribution in [3.05, 3.63) is 77.2 Å². The lowest BCUT2D eigenvalue weighted by Gasteiger charge is -2.14. The van der Waals surface area contributed by atoms with Gasteiger partial charge in [-0.1, -0.05) is 12.1 Å². The van der Waals surface area contributed by atoms with Crippen LogP contribution in [0.2, 0.25) is 0 Å². The minimum Gasteiger partial charge on any atom is -0.454 e. The maximum Gasteiger partial charge on any atom is 0.416 e. The number of carbonyl (C=O) groups excluding carboxylic acids is 2. The van der Waals surface area contributed by atoms with Gasteiger partial charge in [-0.2, -0.15) is 18.3 Å². The number of aromatic nitrogens is 5. The standard InChI is InChI=1S/C21H15F3N6O4/c22-21(23,24)13-5-6-17(30-12-25-11-27-30)15(7-13)28-18(31)10-34-20(33)9-29-16-4-2-1-3-14(16)26-8-19(29)32/h1-8,11-12H,9-10H2,(H,28,31). The van der Waals surface area contributed by atoms with Crippen LogP contribution in [0.3, 0.4) is 0 Å². The van der Waals surface area contributed by atoms with Crippen molar-refractivity contribution >= 4 is 28.6 Å². The highest BCUT2D eigenvalue weighted by Crippen LogP contribution is 2.33. The minimum absolute atomic E-state index is 0.125. The van der Waals surface area contributed by atoms with Crippen molar-refractivity contribution in [3.8, 4) is 5.69 Å². The lowest BCUT2D eigenvalue weighted by molar-refractivity contribution is -0.147. The average Bonchev–Trinajstić information content (AvgIpc) is 3.34. The molecule has 1 amide bonds. The summed E-state index contributed by atoms with van der Waals surface area (Å²) in [6, 6.07) is 9.34. The predicted octanol–water partition coefficient (Wildman–Crippen LogP) is 2.18. The summed E-state index contributed by atoms with van der Waals surface area (Å²) in [5.41, 5.74) is -0.734. The normalized spacial score (nSPS) is 11.4. The van der Waals surface area contributed by atoms with E-state index in [4.69, 9.17) is 4.74 Å². The first-order valence-electron chi connectivity index (χ1n) is 9.68. The van der Waals surface area contributed by atoms with Gasteiger partial charge in [0.1, 0.15) is 19.2 Å². The number of nitrogens with zero attached hydrogens (tertiary/aromatic N) is 5. The van der Waals surface area contributed by atoms with Crippen LogP contribution in [-0.4, -0.2) is 42.8 Å². The molecule has 0 aliphatic rings. The lowest BCUT2D eigenvalue weighted by atomic mass is 10.1. The molecule has 0 saturated heterocycles. The summed E-state index contributed by atoms with van der Waals surface area (Å²) < 4.78 is 46.6. The van der Waals surface area contributed by atoms with Crippen LogP contribution in [0.1, 0.15) is 5.56 Å². The third-order valence-corrected chi connectivity index (χ3v) is 4.67. The Labute approximate surface area is 188 Å². The molecule has 0 radical (unpaired) electrons. The van der Waals surface area contributed by atoms with Crippen LogP contribution in [0.15, 0.2) is 66.1 Å². The highest BCUT2D eigenvalue weighted by atomic mass is 19.4. The molecule has 10 nitrogen and oxygen atoms in total. The van der Waals surface area contributed by atoms with Gasteiger partial charge in [-0.15, -0.1) is 0 Å². The number of halogens is 3. The van der Waals surface area contributed by atoms with Crippen LogP contribution in [0, 0.1) is 0 Å². The topological polar surface area (TPSA) is 121 Å². The molecule has 0 spiro atoms. The largest absolute Gasteiger partial charge is 0.454 e. The van der Waals surface area contributed by atoms with Gasteiger partial charge in [0, 0.05) is 0 Å². The Hall–Kier alpha value is -4.55. The van der Waals surface area contributed by atoms with Gasteiger partial charge in [-0.25, -0.2) is 14.6 Å². The first kappa shape index (κ1) is 22.6. The second-order valence-corrected chi connectivity index (χ2v) is 6.95. The Kier molecular flexibility index (Phi) is 6.08. The van der Waals surface area contributed by atoms with Crippen molar-refractivity contribution in [2.45, 2.75) is 12.7 Å².